The Morgan fingerprint density at radius 2 is 2.07 bits per heavy atom. The first kappa shape index (κ1) is 18.3. The third kappa shape index (κ3) is 4.37. The van der Waals surface area contributed by atoms with Gasteiger partial charge in [0, 0.05) is 30.3 Å². The highest BCUT2D eigenvalue weighted by Crippen LogP contribution is 2.28. The van der Waals surface area contributed by atoms with E-state index >= 15 is 0 Å². The summed E-state index contributed by atoms with van der Waals surface area (Å²) in [6.45, 7) is 2.05. The minimum atomic E-state index is -4.62. The number of hydrogen-bond donors (Lipinski definition) is 1. The molecule has 0 atom stereocenters. The van der Waals surface area contributed by atoms with Crippen molar-refractivity contribution >= 4 is 11.6 Å². The van der Waals surface area contributed by atoms with Gasteiger partial charge in [-0.15, -0.1) is 0 Å². The Morgan fingerprint density at radius 1 is 1.26 bits per heavy atom. The lowest BCUT2D eigenvalue weighted by atomic mass is 10.3. The van der Waals surface area contributed by atoms with Gasteiger partial charge in [0.25, 0.3) is 5.91 Å². The number of nitrogens with zero attached hydrogens (tertiary/aromatic N) is 5. The van der Waals surface area contributed by atoms with E-state index in [0.717, 1.165) is 12.3 Å². The maximum Gasteiger partial charge on any atom is 0.433 e. The number of amides is 1. The van der Waals surface area contributed by atoms with Gasteiger partial charge in [-0.25, -0.2) is 9.97 Å². The number of halogens is 3. The van der Waals surface area contributed by atoms with E-state index in [-0.39, 0.29) is 23.2 Å². The number of imidazole rings is 1. The van der Waals surface area contributed by atoms with E-state index in [1.54, 1.807) is 13.1 Å². The van der Waals surface area contributed by atoms with Crippen molar-refractivity contribution in [1.82, 2.24) is 24.5 Å². The summed E-state index contributed by atoms with van der Waals surface area (Å²) >= 11 is 0. The normalized spacial score (nSPS) is 11.3. The van der Waals surface area contributed by atoms with E-state index in [9.17, 15) is 18.0 Å². The second-order valence-electron chi connectivity index (χ2n) is 5.18. The predicted molar refractivity (Wildman–Crippen MR) is 87.5 cm³/mol. The molecular formula is C16H13F3N6O2. The summed E-state index contributed by atoms with van der Waals surface area (Å²) in [7, 11) is 0. The highest BCUT2D eigenvalue weighted by molar-refractivity contribution is 6.03. The molecule has 27 heavy (non-hydrogen) atoms. The molecule has 3 aromatic heterocycles. The van der Waals surface area contributed by atoms with Gasteiger partial charge in [0.2, 0.25) is 11.8 Å². The molecule has 0 radical (unpaired) electrons. The predicted octanol–water partition coefficient (Wildman–Crippen LogP) is 2.73. The lowest BCUT2D eigenvalue weighted by Gasteiger charge is -2.10. The molecule has 1 N–H and O–H groups in total. The number of ether oxygens (including phenoxy) is 1. The molecule has 0 aliphatic carbocycles. The molecule has 0 aliphatic rings. The van der Waals surface area contributed by atoms with Crippen molar-refractivity contribution in [3.8, 4) is 11.8 Å². The van der Waals surface area contributed by atoms with Gasteiger partial charge in [0.15, 0.2) is 0 Å². The van der Waals surface area contributed by atoms with Crippen LogP contribution in [-0.2, 0) is 6.18 Å². The SMILES string of the molecule is CCOc1cc(C(=O)Nc2ccnc(C(F)(F)F)c2)nc(-n2ccnc2)n1. The zero-order valence-electron chi connectivity index (χ0n) is 13.9. The van der Waals surface area contributed by atoms with Gasteiger partial charge in [0.05, 0.1) is 6.61 Å². The smallest absolute Gasteiger partial charge is 0.433 e. The van der Waals surface area contributed by atoms with Crippen LogP contribution in [-0.4, -0.2) is 37.0 Å². The molecule has 3 rings (SSSR count). The molecule has 0 saturated heterocycles. The number of hydrogen-bond acceptors (Lipinski definition) is 6. The maximum absolute atomic E-state index is 12.8. The number of nitrogens with one attached hydrogen (secondary N) is 1. The van der Waals surface area contributed by atoms with Crippen molar-refractivity contribution in [3.63, 3.8) is 0 Å². The van der Waals surface area contributed by atoms with Gasteiger partial charge < -0.3 is 10.1 Å². The van der Waals surface area contributed by atoms with Crippen molar-refractivity contribution in [2.75, 3.05) is 11.9 Å². The molecular weight excluding hydrogens is 365 g/mol. The van der Waals surface area contributed by atoms with Gasteiger partial charge >= 0.3 is 6.18 Å². The maximum atomic E-state index is 12.8. The summed E-state index contributed by atoms with van der Waals surface area (Å²) < 4.78 is 45.1. The van der Waals surface area contributed by atoms with E-state index in [1.165, 1.54) is 29.2 Å². The second kappa shape index (κ2) is 7.40. The summed E-state index contributed by atoms with van der Waals surface area (Å²) in [4.78, 5) is 27.9. The number of carbonyl (C=O) groups excluding carboxylic acids is 1. The highest BCUT2D eigenvalue weighted by Gasteiger charge is 2.32. The standard InChI is InChI=1S/C16H13F3N6O2/c1-2-27-13-8-11(23-15(24-13)25-6-5-20-9-25)14(26)22-10-3-4-21-12(7-10)16(17,18)19/h3-9H,2H2,1H3,(H,21,22,26). The summed E-state index contributed by atoms with van der Waals surface area (Å²) in [5.74, 6) is -0.444. The lowest BCUT2D eigenvalue weighted by Crippen LogP contribution is -2.17. The Hall–Kier alpha value is -3.50. The molecule has 0 fully saturated rings. The Labute approximate surface area is 151 Å². The molecule has 8 nitrogen and oxygen atoms in total. The van der Waals surface area contributed by atoms with Gasteiger partial charge in [-0.05, 0) is 19.1 Å². The van der Waals surface area contributed by atoms with Gasteiger partial charge in [-0.2, -0.15) is 18.2 Å². The summed E-state index contributed by atoms with van der Waals surface area (Å²) in [6, 6.07) is 3.28. The van der Waals surface area contributed by atoms with E-state index in [2.05, 4.69) is 25.3 Å². The Bertz CT molecular complexity index is 944. The molecule has 0 aromatic carbocycles. The summed E-state index contributed by atoms with van der Waals surface area (Å²) in [5.41, 5.74) is -1.26. The van der Waals surface area contributed by atoms with Gasteiger partial charge in [-0.1, -0.05) is 0 Å². The van der Waals surface area contributed by atoms with Crippen LogP contribution in [0.5, 0.6) is 5.88 Å². The number of alkyl halides is 3. The van der Waals surface area contributed by atoms with Crippen LogP contribution in [0.3, 0.4) is 0 Å². The van der Waals surface area contributed by atoms with Crippen molar-refractivity contribution in [2.45, 2.75) is 13.1 Å². The first-order chi connectivity index (χ1) is 12.9. The Kier molecular flexibility index (Phi) is 5.01. The number of anilines is 1. The van der Waals surface area contributed by atoms with Crippen LogP contribution in [0, 0.1) is 0 Å². The van der Waals surface area contributed by atoms with Gasteiger partial charge in [-0.3, -0.25) is 14.3 Å². The van der Waals surface area contributed by atoms with Crippen LogP contribution in [0.2, 0.25) is 0 Å². The molecule has 11 heteroatoms. The number of rotatable bonds is 5. The van der Waals surface area contributed by atoms with Gasteiger partial charge in [0.1, 0.15) is 17.7 Å². The molecule has 0 bridgehead atoms. The number of pyridine rings is 1. The largest absolute Gasteiger partial charge is 0.478 e. The van der Waals surface area contributed by atoms with Crippen LogP contribution < -0.4 is 10.1 Å². The summed E-state index contributed by atoms with van der Waals surface area (Å²) in [5, 5.41) is 2.36. The Morgan fingerprint density at radius 3 is 2.74 bits per heavy atom. The lowest BCUT2D eigenvalue weighted by molar-refractivity contribution is -0.141. The van der Waals surface area contributed by atoms with Crippen molar-refractivity contribution in [3.05, 3.63) is 54.5 Å². The third-order valence-electron chi connectivity index (χ3n) is 3.26. The minimum Gasteiger partial charge on any atom is -0.478 e. The van der Waals surface area contributed by atoms with Crippen LogP contribution in [0.25, 0.3) is 5.95 Å². The number of aromatic nitrogens is 5. The average molecular weight is 378 g/mol. The first-order valence-corrected chi connectivity index (χ1v) is 7.71. The zero-order chi connectivity index (χ0) is 19.4. The first-order valence-electron chi connectivity index (χ1n) is 7.71. The topological polar surface area (TPSA) is 94.8 Å². The molecule has 0 saturated carbocycles. The fourth-order valence-corrected chi connectivity index (χ4v) is 2.10. The monoisotopic (exact) mass is 378 g/mol. The van der Waals surface area contributed by atoms with Crippen molar-refractivity contribution in [1.29, 1.82) is 0 Å². The summed E-state index contributed by atoms with van der Waals surface area (Å²) in [6.07, 6.45) is 0.857. The third-order valence-corrected chi connectivity index (χ3v) is 3.26. The minimum absolute atomic E-state index is 0.0666. The van der Waals surface area contributed by atoms with Crippen LogP contribution in [0.1, 0.15) is 23.1 Å². The molecule has 140 valence electrons. The van der Waals surface area contributed by atoms with Crippen LogP contribution in [0.15, 0.2) is 43.1 Å². The molecule has 1 amide bonds. The van der Waals surface area contributed by atoms with Crippen LogP contribution in [0.4, 0.5) is 18.9 Å². The quantitative estimate of drug-likeness (QED) is 0.734. The van der Waals surface area contributed by atoms with E-state index in [1.807, 2.05) is 0 Å². The zero-order valence-corrected chi connectivity index (χ0v) is 13.9. The average Bonchev–Trinajstić information content (AvgIpc) is 3.16. The van der Waals surface area contributed by atoms with E-state index < -0.39 is 17.8 Å². The van der Waals surface area contributed by atoms with E-state index in [0.29, 0.717) is 6.61 Å². The van der Waals surface area contributed by atoms with E-state index in [4.69, 9.17) is 4.74 Å². The molecule has 0 aliphatic heterocycles. The fourth-order valence-electron chi connectivity index (χ4n) is 2.10. The van der Waals surface area contributed by atoms with Crippen LogP contribution >= 0.6 is 0 Å². The second-order valence-corrected chi connectivity index (χ2v) is 5.18. The number of carbonyl (C=O) groups is 1. The van der Waals surface area contributed by atoms with Crippen molar-refractivity contribution < 1.29 is 22.7 Å². The fraction of sp³-hybridized carbons (Fsp3) is 0.188. The van der Waals surface area contributed by atoms with Crippen molar-refractivity contribution in [2.24, 2.45) is 0 Å². The molecule has 0 unspecified atom stereocenters. The molecule has 3 aromatic rings. The Balaban J connectivity index is 1.90. The highest BCUT2D eigenvalue weighted by atomic mass is 19.4. The molecule has 3 heterocycles. The molecule has 0 spiro atoms.